The molecule has 0 N–H and O–H groups in total. The first-order valence-electron chi connectivity index (χ1n) is 4.00. The predicted octanol–water partition coefficient (Wildman–Crippen LogP) is 2.86. The Morgan fingerprint density at radius 3 is 2.80 bits per heavy atom. The smallest absolute Gasteiger partial charge is 0.350 e. The quantitative estimate of drug-likeness (QED) is 0.489. The summed E-state index contributed by atoms with van der Waals surface area (Å²) in [5.41, 5.74) is 0.501. The Bertz CT molecular complexity index is 389. The van der Waals surface area contributed by atoms with E-state index in [0.717, 1.165) is 4.47 Å². The average molecular weight is 292 g/mol. The van der Waals surface area contributed by atoms with Gasteiger partial charge < -0.3 is 4.74 Å². The van der Waals surface area contributed by atoms with E-state index >= 15 is 0 Å². The van der Waals surface area contributed by atoms with Gasteiger partial charge in [-0.2, -0.15) is 0 Å². The molecule has 0 radical (unpaired) electrons. The molecule has 0 aromatic carbocycles. The highest BCUT2D eigenvalue weighted by atomic mass is 79.9. The van der Waals surface area contributed by atoms with Crippen molar-refractivity contribution in [1.82, 2.24) is 5.01 Å². The minimum atomic E-state index is -0.404. The zero-order valence-electron chi connectivity index (χ0n) is 8.52. The van der Waals surface area contributed by atoms with Crippen molar-refractivity contribution in [1.29, 1.82) is 0 Å². The van der Waals surface area contributed by atoms with Crippen LogP contribution >= 0.6 is 27.3 Å². The lowest BCUT2D eigenvalue weighted by Crippen LogP contribution is -2.00. The molecular weight excluding hydrogens is 282 g/mol. The van der Waals surface area contributed by atoms with Crippen LogP contribution in [0.25, 0.3) is 0 Å². The lowest BCUT2D eigenvalue weighted by molar-refractivity contribution is 0.0607. The van der Waals surface area contributed by atoms with Crippen molar-refractivity contribution in [2.75, 3.05) is 21.2 Å². The fourth-order valence-corrected chi connectivity index (χ4v) is 2.26. The summed E-state index contributed by atoms with van der Waals surface area (Å²) >= 11 is 4.56. The number of esters is 1. The number of rotatable bonds is 3. The van der Waals surface area contributed by atoms with Gasteiger partial charge in [0.1, 0.15) is 10.6 Å². The highest BCUT2D eigenvalue weighted by molar-refractivity contribution is 9.10. The van der Waals surface area contributed by atoms with Crippen LogP contribution in [0.5, 0.6) is 0 Å². The summed E-state index contributed by atoms with van der Waals surface area (Å²) in [6.07, 6.45) is 0. The number of methoxy groups -OCH3 is 1. The van der Waals surface area contributed by atoms with E-state index < -0.39 is 5.97 Å². The van der Waals surface area contributed by atoms with E-state index in [1.165, 1.54) is 18.4 Å². The van der Waals surface area contributed by atoms with Gasteiger partial charge in [0.15, 0.2) is 0 Å². The Morgan fingerprint density at radius 1 is 1.60 bits per heavy atom. The van der Waals surface area contributed by atoms with Crippen LogP contribution in [-0.2, 0) is 4.74 Å². The molecule has 0 spiro atoms. The van der Waals surface area contributed by atoms with Crippen molar-refractivity contribution in [2.24, 2.45) is 10.3 Å². The summed E-state index contributed by atoms with van der Waals surface area (Å²) < 4.78 is 5.37. The van der Waals surface area contributed by atoms with Crippen molar-refractivity contribution in [3.05, 3.63) is 14.7 Å². The lowest BCUT2D eigenvalue weighted by atomic mass is 10.4. The van der Waals surface area contributed by atoms with Crippen LogP contribution in [0.15, 0.2) is 20.2 Å². The van der Waals surface area contributed by atoms with Gasteiger partial charge in [-0.1, -0.05) is 5.22 Å². The van der Waals surface area contributed by atoms with E-state index in [4.69, 9.17) is 0 Å². The van der Waals surface area contributed by atoms with E-state index in [0.29, 0.717) is 10.6 Å². The van der Waals surface area contributed by atoms with Crippen molar-refractivity contribution < 1.29 is 9.53 Å². The van der Waals surface area contributed by atoms with Crippen molar-refractivity contribution in [3.8, 4) is 0 Å². The third-order valence-corrected chi connectivity index (χ3v) is 3.27. The number of halogens is 1. The molecule has 0 aliphatic heterocycles. The largest absolute Gasteiger partial charge is 0.465 e. The van der Waals surface area contributed by atoms with Crippen molar-refractivity contribution in [3.63, 3.8) is 0 Å². The van der Waals surface area contributed by atoms with Gasteiger partial charge in [0, 0.05) is 19.5 Å². The molecular formula is C8H10BrN3O2S. The van der Waals surface area contributed by atoms with Gasteiger partial charge in [-0.25, -0.2) is 4.79 Å². The highest BCUT2D eigenvalue weighted by Gasteiger charge is 2.17. The Balaban J connectivity index is 3.04. The molecule has 5 nitrogen and oxygen atoms in total. The fraction of sp³-hybridized carbons (Fsp3) is 0.375. The molecule has 1 rings (SSSR count). The van der Waals surface area contributed by atoms with E-state index in [1.54, 1.807) is 24.5 Å². The molecule has 1 heterocycles. The maximum absolute atomic E-state index is 11.3. The third kappa shape index (κ3) is 3.00. The highest BCUT2D eigenvalue weighted by Crippen LogP contribution is 2.35. The maximum atomic E-state index is 11.3. The Hall–Kier alpha value is -0.950. The first-order valence-corrected chi connectivity index (χ1v) is 5.67. The maximum Gasteiger partial charge on any atom is 0.350 e. The predicted molar refractivity (Wildman–Crippen MR) is 61.6 cm³/mol. The van der Waals surface area contributed by atoms with Crippen LogP contribution in [0.4, 0.5) is 5.69 Å². The molecule has 7 heteroatoms. The Morgan fingerprint density at radius 2 is 2.27 bits per heavy atom. The number of carbonyl (C=O) groups is 1. The summed E-state index contributed by atoms with van der Waals surface area (Å²) in [7, 11) is 4.84. The van der Waals surface area contributed by atoms with Crippen LogP contribution in [-0.4, -0.2) is 32.2 Å². The van der Waals surface area contributed by atoms with Gasteiger partial charge in [0.05, 0.1) is 11.6 Å². The lowest BCUT2D eigenvalue weighted by Gasteiger charge is -2.01. The summed E-state index contributed by atoms with van der Waals surface area (Å²) in [6.45, 7) is 0. The van der Waals surface area contributed by atoms with Gasteiger partial charge in [-0.3, -0.25) is 5.01 Å². The molecule has 0 fully saturated rings. The second-order valence-electron chi connectivity index (χ2n) is 2.79. The minimum Gasteiger partial charge on any atom is -0.465 e. The van der Waals surface area contributed by atoms with E-state index in [9.17, 15) is 4.79 Å². The fourth-order valence-electron chi connectivity index (χ4n) is 0.796. The second kappa shape index (κ2) is 5.22. The molecule has 82 valence electrons. The van der Waals surface area contributed by atoms with Gasteiger partial charge in [0.25, 0.3) is 0 Å². The van der Waals surface area contributed by atoms with Gasteiger partial charge in [0.2, 0.25) is 0 Å². The average Bonchev–Trinajstić information content (AvgIpc) is 2.55. The van der Waals surface area contributed by atoms with Crippen LogP contribution in [0, 0.1) is 0 Å². The van der Waals surface area contributed by atoms with Gasteiger partial charge in [-0.15, -0.1) is 16.5 Å². The molecule has 0 aliphatic carbocycles. The number of hydrogen-bond acceptors (Lipinski definition) is 5. The Kier molecular flexibility index (Phi) is 4.22. The van der Waals surface area contributed by atoms with Crippen LogP contribution < -0.4 is 0 Å². The van der Waals surface area contributed by atoms with E-state index in [1.807, 2.05) is 0 Å². The minimum absolute atomic E-state index is 0.404. The SMILES string of the molecule is COC(=O)c1scc(Br)c1/N=N/N(C)C. The molecule has 0 atom stereocenters. The van der Waals surface area contributed by atoms with Gasteiger partial charge in [-0.05, 0) is 15.9 Å². The summed E-state index contributed by atoms with van der Waals surface area (Å²) in [6, 6.07) is 0. The summed E-state index contributed by atoms with van der Waals surface area (Å²) in [5.74, 6) is -0.404. The Labute approximate surface area is 99.9 Å². The first-order chi connectivity index (χ1) is 7.06. The number of thiophene rings is 1. The van der Waals surface area contributed by atoms with Crippen molar-refractivity contribution >= 4 is 38.9 Å². The van der Waals surface area contributed by atoms with Crippen molar-refractivity contribution in [2.45, 2.75) is 0 Å². The number of carbonyl (C=O) groups excluding carboxylic acids is 1. The zero-order chi connectivity index (χ0) is 11.4. The third-order valence-electron chi connectivity index (χ3n) is 1.42. The number of nitrogens with zero attached hydrogens (tertiary/aromatic N) is 3. The normalized spacial score (nSPS) is 10.7. The first kappa shape index (κ1) is 12.1. The van der Waals surface area contributed by atoms with Crippen LogP contribution in [0.3, 0.4) is 0 Å². The molecule has 15 heavy (non-hydrogen) atoms. The molecule has 1 aromatic rings. The molecule has 0 unspecified atom stereocenters. The molecule has 0 amide bonds. The summed E-state index contributed by atoms with van der Waals surface area (Å²) in [5, 5.41) is 11.1. The van der Waals surface area contributed by atoms with Crippen LogP contribution in [0.1, 0.15) is 9.67 Å². The molecule has 0 aliphatic rings. The van der Waals surface area contributed by atoms with Crippen LogP contribution in [0.2, 0.25) is 0 Å². The second-order valence-corrected chi connectivity index (χ2v) is 4.52. The van der Waals surface area contributed by atoms with Gasteiger partial charge >= 0.3 is 5.97 Å². The standard InChI is InChI=1S/C8H10BrN3O2S/c1-12(2)11-10-6-5(9)4-15-7(6)8(13)14-3/h4H,1-3H3/b11-10+. The molecule has 1 aromatic heterocycles. The molecule has 0 bridgehead atoms. The molecule has 0 saturated carbocycles. The number of ether oxygens (including phenoxy) is 1. The zero-order valence-corrected chi connectivity index (χ0v) is 10.9. The molecule has 0 saturated heterocycles. The topological polar surface area (TPSA) is 54.3 Å². The van der Waals surface area contributed by atoms with E-state index in [-0.39, 0.29) is 0 Å². The number of hydrogen-bond donors (Lipinski definition) is 0. The van der Waals surface area contributed by atoms with E-state index in [2.05, 4.69) is 31.0 Å². The monoisotopic (exact) mass is 291 g/mol. The summed E-state index contributed by atoms with van der Waals surface area (Å²) in [4.78, 5) is 11.8.